The molecule has 0 saturated carbocycles. The van der Waals surface area contributed by atoms with Crippen LogP contribution in [0, 0.1) is 9.39 Å². The van der Waals surface area contributed by atoms with Crippen molar-refractivity contribution in [1.82, 2.24) is 5.43 Å². The molecule has 0 fully saturated rings. The van der Waals surface area contributed by atoms with E-state index >= 15 is 0 Å². The Balaban J connectivity index is 2.28. The van der Waals surface area contributed by atoms with E-state index in [0.717, 1.165) is 9.13 Å². The minimum Gasteiger partial charge on any atom is -0.271 e. The molecule has 3 N–H and O–H groups in total. The van der Waals surface area contributed by atoms with E-state index in [1.165, 1.54) is 6.07 Å². The third-order valence-electron chi connectivity index (χ3n) is 3.00. The third kappa shape index (κ3) is 3.62. The molecule has 0 saturated heterocycles. The second kappa shape index (κ2) is 7.04. The van der Waals surface area contributed by atoms with Gasteiger partial charge in [-0.1, -0.05) is 41.4 Å². The molecule has 1 unspecified atom stereocenters. The fraction of sp³-hybridized carbons (Fsp3) is 0.143. The zero-order valence-electron chi connectivity index (χ0n) is 10.3. The second-order valence-corrected chi connectivity index (χ2v) is 6.29. The molecule has 2 rings (SSSR count). The number of benzene rings is 2. The molecule has 106 valence electrons. The van der Waals surface area contributed by atoms with Gasteiger partial charge in [0.05, 0.1) is 16.1 Å². The SMILES string of the molecule is NNC(Cc1cccc(Cl)c1F)c1ccc(I)c(Cl)c1. The first-order valence-electron chi connectivity index (χ1n) is 5.87. The summed E-state index contributed by atoms with van der Waals surface area (Å²) in [6, 6.07) is 10.3. The lowest BCUT2D eigenvalue weighted by molar-refractivity contribution is 0.529. The number of hydrogen-bond acceptors (Lipinski definition) is 2. The minimum atomic E-state index is -0.411. The van der Waals surface area contributed by atoms with Gasteiger partial charge in [-0.3, -0.25) is 11.3 Å². The molecule has 6 heteroatoms. The smallest absolute Gasteiger partial charge is 0.145 e. The van der Waals surface area contributed by atoms with Gasteiger partial charge in [-0.05, 0) is 58.3 Å². The van der Waals surface area contributed by atoms with E-state index in [1.54, 1.807) is 12.1 Å². The Hall–Kier alpha value is -0.400. The van der Waals surface area contributed by atoms with Gasteiger partial charge in [0.2, 0.25) is 0 Å². The first-order chi connectivity index (χ1) is 9.52. The Labute approximate surface area is 140 Å². The van der Waals surface area contributed by atoms with Gasteiger partial charge in [0.1, 0.15) is 5.82 Å². The Morgan fingerprint density at radius 2 is 1.95 bits per heavy atom. The molecule has 0 radical (unpaired) electrons. The van der Waals surface area contributed by atoms with Crippen molar-refractivity contribution in [2.75, 3.05) is 0 Å². The van der Waals surface area contributed by atoms with E-state index in [1.807, 2.05) is 18.2 Å². The van der Waals surface area contributed by atoms with E-state index in [-0.39, 0.29) is 11.1 Å². The minimum absolute atomic E-state index is 0.110. The monoisotopic (exact) mass is 424 g/mol. The van der Waals surface area contributed by atoms with Crippen molar-refractivity contribution in [1.29, 1.82) is 0 Å². The Bertz CT molecular complexity index is 622. The van der Waals surface area contributed by atoms with Gasteiger partial charge >= 0.3 is 0 Å². The van der Waals surface area contributed by atoms with Crippen LogP contribution in [0.15, 0.2) is 36.4 Å². The van der Waals surface area contributed by atoms with E-state index in [4.69, 9.17) is 29.0 Å². The van der Waals surface area contributed by atoms with Crippen LogP contribution in [0.1, 0.15) is 17.2 Å². The van der Waals surface area contributed by atoms with Crippen LogP contribution in [-0.2, 0) is 6.42 Å². The second-order valence-electron chi connectivity index (χ2n) is 4.31. The molecule has 2 nitrogen and oxygen atoms in total. The molecule has 0 aromatic heterocycles. The summed E-state index contributed by atoms with van der Waals surface area (Å²) in [5, 5.41) is 0.758. The highest BCUT2D eigenvalue weighted by Crippen LogP contribution is 2.27. The molecule has 20 heavy (non-hydrogen) atoms. The summed E-state index contributed by atoms with van der Waals surface area (Å²) in [5.74, 6) is 5.17. The van der Waals surface area contributed by atoms with Crippen LogP contribution in [0.3, 0.4) is 0 Å². The van der Waals surface area contributed by atoms with Crippen LogP contribution in [0.4, 0.5) is 4.39 Å². The molecule has 0 heterocycles. The largest absolute Gasteiger partial charge is 0.271 e. The number of nitrogens with two attached hydrogens (primary N) is 1. The molecule has 2 aromatic carbocycles. The van der Waals surface area contributed by atoms with E-state index in [9.17, 15) is 4.39 Å². The van der Waals surface area contributed by atoms with Crippen molar-refractivity contribution in [3.63, 3.8) is 0 Å². The van der Waals surface area contributed by atoms with Crippen LogP contribution < -0.4 is 11.3 Å². The molecule has 0 bridgehead atoms. The Kier molecular flexibility index (Phi) is 5.63. The molecule has 0 amide bonds. The molecule has 0 spiro atoms. The maximum Gasteiger partial charge on any atom is 0.145 e. The number of rotatable bonds is 4. The lowest BCUT2D eigenvalue weighted by atomic mass is 9.99. The first-order valence-corrected chi connectivity index (χ1v) is 7.70. The summed E-state index contributed by atoms with van der Waals surface area (Å²) in [5.41, 5.74) is 4.10. The fourth-order valence-corrected chi connectivity index (χ4v) is 2.65. The van der Waals surface area contributed by atoms with Crippen LogP contribution in [-0.4, -0.2) is 0 Å². The van der Waals surface area contributed by atoms with Crippen molar-refractivity contribution < 1.29 is 4.39 Å². The molecular formula is C14H12Cl2FIN2. The zero-order valence-corrected chi connectivity index (χ0v) is 14.0. The van der Waals surface area contributed by atoms with Gasteiger partial charge in [-0.2, -0.15) is 0 Å². The first kappa shape index (κ1) is 16.0. The molecule has 2 aromatic rings. The number of hydrogen-bond donors (Lipinski definition) is 2. The van der Waals surface area contributed by atoms with E-state index in [2.05, 4.69) is 28.0 Å². The van der Waals surface area contributed by atoms with Gasteiger partial charge in [0.25, 0.3) is 0 Å². The maximum atomic E-state index is 13.9. The van der Waals surface area contributed by atoms with Crippen LogP contribution >= 0.6 is 45.8 Å². The summed E-state index contributed by atoms with van der Waals surface area (Å²) in [6.45, 7) is 0. The lowest BCUT2D eigenvalue weighted by Crippen LogP contribution is -2.29. The zero-order chi connectivity index (χ0) is 14.7. The quantitative estimate of drug-likeness (QED) is 0.431. The van der Waals surface area contributed by atoms with Gasteiger partial charge in [-0.25, -0.2) is 4.39 Å². The summed E-state index contributed by atoms with van der Waals surface area (Å²) in [4.78, 5) is 0. The predicted octanol–water partition coefficient (Wildman–Crippen LogP) is 4.48. The lowest BCUT2D eigenvalue weighted by Gasteiger charge is -2.17. The van der Waals surface area contributed by atoms with Crippen molar-refractivity contribution in [3.8, 4) is 0 Å². The topological polar surface area (TPSA) is 38.0 Å². The average Bonchev–Trinajstić information content (AvgIpc) is 2.44. The summed E-state index contributed by atoms with van der Waals surface area (Å²) < 4.78 is 14.9. The van der Waals surface area contributed by atoms with Crippen LogP contribution in [0.2, 0.25) is 10.0 Å². The molecule has 0 aliphatic heterocycles. The van der Waals surface area contributed by atoms with Gasteiger partial charge in [-0.15, -0.1) is 0 Å². The number of hydrazine groups is 1. The highest BCUT2D eigenvalue weighted by Gasteiger charge is 2.15. The highest BCUT2D eigenvalue weighted by atomic mass is 127. The van der Waals surface area contributed by atoms with Crippen LogP contribution in [0.25, 0.3) is 0 Å². The van der Waals surface area contributed by atoms with Crippen LogP contribution in [0.5, 0.6) is 0 Å². The number of nitrogens with one attached hydrogen (secondary N) is 1. The average molecular weight is 425 g/mol. The Morgan fingerprint density at radius 1 is 1.20 bits per heavy atom. The predicted molar refractivity (Wildman–Crippen MR) is 89.3 cm³/mol. The van der Waals surface area contributed by atoms with E-state index < -0.39 is 5.82 Å². The van der Waals surface area contributed by atoms with Crippen molar-refractivity contribution in [2.24, 2.45) is 5.84 Å². The normalized spacial score (nSPS) is 12.4. The molecular weight excluding hydrogens is 413 g/mol. The molecule has 0 aliphatic carbocycles. The van der Waals surface area contributed by atoms with Crippen molar-refractivity contribution in [3.05, 3.63) is 67.0 Å². The van der Waals surface area contributed by atoms with Gasteiger partial charge in [0.15, 0.2) is 0 Å². The third-order valence-corrected chi connectivity index (χ3v) is 4.87. The summed E-state index contributed by atoms with van der Waals surface area (Å²) in [6.07, 6.45) is 0.389. The maximum absolute atomic E-state index is 13.9. The highest BCUT2D eigenvalue weighted by molar-refractivity contribution is 14.1. The van der Waals surface area contributed by atoms with E-state index in [0.29, 0.717) is 17.0 Å². The summed E-state index contributed by atoms with van der Waals surface area (Å²) in [7, 11) is 0. The van der Waals surface area contributed by atoms with Crippen molar-refractivity contribution >= 4 is 45.8 Å². The Morgan fingerprint density at radius 3 is 2.60 bits per heavy atom. The molecule has 1 atom stereocenters. The van der Waals surface area contributed by atoms with Gasteiger partial charge < -0.3 is 0 Å². The summed E-state index contributed by atoms with van der Waals surface area (Å²) >= 11 is 14.0. The van der Waals surface area contributed by atoms with Crippen molar-refractivity contribution in [2.45, 2.75) is 12.5 Å². The fourth-order valence-electron chi connectivity index (χ4n) is 1.93. The van der Waals surface area contributed by atoms with Gasteiger partial charge in [0, 0.05) is 3.57 Å². The standard InChI is InChI=1S/C14H12Cl2FIN2/c15-10-3-1-2-9(14(10)17)7-13(20-19)8-4-5-12(18)11(16)6-8/h1-6,13,20H,7,19H2. The molecule has 0 aliphatic rings. The number of halogens is 4.